The van der Waals surface area contributed by atoms with Crippen molar-refractivity contribution in [1.82, 2.24) is 15.0 Å². The molecule has 1 aromatic rings. The molecule has 2 saturated heterocycles. The molecule has 3 nitrogen and oxygen atoms in total. The van der Waals surface area contributed by atoms with Crippen molar-refractivity contribution in [3.63, 3.8) is 0 Å². The van der Waals surface area contributed by atoms with Crippen LogP contribution in [0.15, 0.2) is 18.3 Å². The van der Waals surface area contributed by atoms with E-state index in [-0.39, 0.29) is 0 Å². The Balaban J connectivity index is 1.82. The third-order valence-electron chi connectivity index (χ3n) is 4.25. The van der Waals surface area contributed by atoms with Crippen LogP contribution in [0, 0.1) is 0 Å². The first-order chi connectivity index (χ1) is 8.70. The van der Waals surface area contributed by atoms with Crippen LogP contribution in [0.4, 0.5) is 0 Å². The van der Waals surface area contributed by atoms with Crippen molar-refractivity contribution in [3.05, 3.63) is 29.0 Å². The number of hydrogen-bond donors (Lipinski definition) is 0. The molecular weight excluding hydrogens is 269 g/mol. The second kappa shape index (κ2) is 4.97. The molecule has 0 radical (unpaired) electrons. The zero-order valence-electron chi connectivity index (χ0n) is 10.4. The van der Waals surface area contributed by atoms with Gasteiger partial charge in [0, 0.05) is 31.2 Å². The number of hydrogen-bond acceptors (Lipinski definition) is 3. The topological polar surface area (TPSA) is 19.4 Å². The molecule has 3 heterocycles. The summed E-state index contributed by atoms with van der Waals surface area (Å²) < 4.78 is 0. The Morgan fingerprint density at radius 3 is 2.94 bits per heavy atom. The van der Waals surface area contributed by atoms with Gasteiger partial charge < -0.3 is 0 Å². The normalized spacial score (nSPS) is 31.4. The van der Waals surface area contributed by atoms with Crippen LogP contribution in [0.1, 0.15) is 30.7 Å². The van der Waals surface area contributed by atoms with Crippen molar-refractivity contribution in [2.75, 3.05) is 13.1 Å². The van der Waals surface area contributed by atoms with Gasteiger partial charge in [-0.15, -0.1) is 11.6 Å². The Labute approximate surface area is 118 Å². The standard InChI is InChI=1S/C13H17Cl2N3/c1-17(8-14)18-10-3-4-12(18)11(6-10)9-2-5-13(15)16-7-9/h2,5,7,10-12H,3-4,6,8H2,1H3. The molecule has 2 bridgehead atoms. The maximum absolute atomic E-state index is 5.96. The molecule has 1 aromatic heterocycles. The number of aromatic nitrogens is 1. The lowest BCUT2D eigenvalue weighted by Gasteiger charge is -2.31. The molecule has 0 aliphatic carbocycles. The number of halogens is 2. The summed E-state index contributed by atoms with van der Waals surface area (Å²) in [4.78, 5) is 4.20. The predicted octanol–water partition coefficient (Wildman–Crippen LogP) is 3.10. The van der Waals surface area contributed by atoms with Crippen LogP contribution >= 0.6 is 23.2 Å². The van der Waals surface area contributed by atoms with Crippen LogP contribution in [0.25, 0.3) is 0 Å². The minimum absolute atomic E-state index is 0.554. The first-order valence-electron chi connectivity index (χ1n) is 6.37. The van der Waals surface area contributed by atoms with Crippen molar-refractivity contribution in [3.8, 4) is 0 Å². The van der Waals surface area contributed by atoms with Gasteiger partial charge in [0.1, 0.15) is 5.15 Å². The highest BCUT2D eigenvalue weighted by molar-refractivity contribution is 6.29. The minimum Gasteiger partial charge on any atom is -0.244 e. The first kappa shape index (κ1) is 12.7. The van der Waals surface area contributed by atoms with Gasteiger partial charge in [-0.1, -0.05) is 17.7 Å². The molecule has 0 aromatic carbocycles. The van der Waals surface area contributed by atoms with Crippen LogP contribution < -0.4 is 0 Å². The molecule has 0 saturated carbocycles. The summed E-state index contributed by atoms with van der Waals surface area (Å²) in [5.41, 5.74) is 1.31. The third-order valence-corrected chi connectivity index (χ3v) is 4.82. The summed E-state index contributed by atoms with van der Waals surface area (Å²) in [7, 11) is 2.07. The van der Waals surface area contributed by atoms with E-state index in [2.05, 4.69) is 28.1 Å². The number of alkyl halides is 1. The number of nitrogens with zero attached hydrogens (tertiary/aromatic N) is 3. The average Bonchev–Trinajstić information content (AvgIpc) is 2.96. The summed E-state index contributed by atoms with van der Waals surface area (Å²) in [6.07, 6.45) is 5.66. The molecule has 18 heavy (non-hydrogen) atoms. The molecule has 3 unspecified atom stereocenters. The average molecular weight is 286 g/mol. The molecule has 0 amide bonds. The zero-order chi connectivity index (χ0) is 12.7. The summed E-state index contributed by atoms with van der Waals surface area (Å²) in [6, 6.07) is 5.76. The molecule has 0 spiro atoms. The lowest BCUT2D eigenvalue weighted by molar-refractivity contribution is -0.00301. The first-order valence-corrected chi connectivity index (χ1v) is 7.28. The SMILES string of the molecule is CN(CCl)N1C2CCC1C(c1ccc(Cl)nc1)C2. The molecule has 2 fully saturated rings. The Kier molecular flexibility index (Phi) is 3.50. The van der Waals surface area contributed by atoms with E-state index in [4.69, 9.17) is 23.2 Å². The van der Waals surface area contributed by atoms with Gasteiger partial charge in [0.05, 0.1) is 6.00 Å². The van der Waals surface area contributed by atoms with Crippen LogP contribution in [-0.4, -0.2) is 40.1 Å². The third kappa shape index (κ3) is 2.03. The highest BCUT2D eigenvalue weighted by atomic mass is 35.5. The minimum atomic E-state index is 0.554. The van der Waals surface area contributed by atoms with E-state index in [0.717, 1.165) is 0 Å². The molecular formula is C13H17Cl2N3. The fraction of sp³-hybridized carbons (Fsp3) is 0.615. The number of rotatable bonds is 3. The van der Waals surface area contributed by atoms with E-state index in [9.17, 15) is 0 Å². The molecule has 0 N–H and O–H groups in total. The van der Waals surface area contributed by atoms with Gasteiger partial charge in [0.15, 0.2) is 0 Å². The largest absolute Gasteiger partial charge is 0.244 e. The van der Waals surface area contributed by atoms with Crippen molar-refractivity contribution >= 4 is 23.2 Å². The van der Waals surface area contributed by atoms with Crippen LogP contribution in [0.3, 0.4) is 0 Å². The zero-order valence-corrected chi connectivity index (χ0v) is 11.9. The van der Waals surface area contributed by atoms with Gasteiger partial charge in [0.2, 0.25) is 0 Å². The predicted molar refractivity (Wildman–Crippen MR) is 73.7 cm³/mol. The maximum Gasteiger partial charge on any atom is 0.129 e. The summed E-state index contributed by atoms with van der Waals surface area (Å²) in [5.74, 6) is 0.569. The monoisotopic (exact) mass is 285 g/mol. The molecule has 5 heteroatoms. The van der Waals surface area contributed by atoms with Crippen molar-refractivity contribution in [2.24, 2.45) is 0 Å². The number of pyridine rings is 1. The van der Waals surface area contributed by atoms with Gasteiger partial charge in [0.25, 0.3) is 0 Å². The van der Waals surface area contributed by atoms with E-state index in [1.165, 1.54) is 24.8 Å². The Morgan fingerprint density at radius 1 is 1.44 bits per heavy atom. The number of fused-ring (bicyclic) bond motifs is 2. The van der Waals surface area contributed by atoms with E-state index in [1.807, 2.05) is 12.3 Å². The van der Waals surface area contributed by atoms with Crippen molar-refractivity contribution < 1.29 is 0 Å². The second-order valence-electron chi connectivity index (χ2n) is 5.21. The van der Waals surface area contributed by atoms with Gasteiger partial charge in [-0.25, -0.2) is 15.0 Å². The van der Waals surface area contributed by atoms with E-state index in [1.54, 1.807) is 0 Å². The van der Waals surface area contributed by atoms with Crippen molar-refractivity contribution in [2.45, 2.75) is 37.3 Å². The maximum atomic E-state index is 5.96. The lowest BCUT2D eigenvalue weighted by atomic mass is 9.85. The summed E-state index contributed by atoms with van der Waals surface area (Å²) >= 11 is 11.8. The molecule has 2 aliphatic heterocycles. The van der Waals surface area contributed by atoms with Crippen molar-refractivity contribution in [1.29, 1.82) is 0 Å². The van der Waals surface area contributed by atoms with Gasteiger partial charge >= 0.3 is 0 Å². The second-order valence-corrected chi connectivity index (χ2v) is 5.84. The fourth-order valence-corrected chi connectivity index (χ4v) is 3.75. The molecule has 3 atom stereocenters. The number of hydrazine groups is 1. The Bertz CT molecular complexity index is 423. The van der Waals surface area contributed by atoms with Gasteiger partial charge in [-0.3, -0.25) is 0 Å². The van der Waals surface area contributed by atoms with E-state index in [0.29, 0.717) is 29.2 Å². The Hall–Kier alpha value is -0.350. The Morgan fingerprint density at radius 2 is 2.28 bits per heavy atom. The van der Waals surface area contributed by atoms with E-state index < -0.39 is 0 Å². The molecule has 98 valence electrons. The highest BCUT2D eigenvalue weighted by Gasteiger charge is 2.48. The smallest absolute Gasteiger partial charge is 0.129 e. The highest BCUT2D eigenvalue weighted by Crippen LogP contribution is 2.47. The molecule has 3 rings (SSSR count). The van der Waals surface area contributed by atoms with E-state index >= 15 is 0 Å². The van der Waals surface area contributed by atoms with Crippen LogP contribution in [0.2, 0.25) is 5.15 Å². The summed E-state index contributed by atoms with van der Waals surface area (Å²) in [6.45, 7) is 0. The van der Waals surface area contributed by atoms with Crippen LogP contribution in [0.5, 0.6) is 0 Å². The fourth-order valence-electron chi connectivity index (χ4n) is 3.52. The molecule has 2 aliphatic rings. The lowest BCUT2D eigenvalue weighted by Crippen LogP contribution is -2.43. The quantitative estimate of drug-likeness (QED) is 0.483. The van der Waals surface area contributed by atoms with Gasteiger partial charge in [-0.05, 0) is 30.9 Å². The van der Waals surface area contributed by atoms with Gasteiger partial charge in [-0.2, -0.15) is 0 Å². The van der Waals surface area contributed by atoms with Crippen LogP contribution in [-0.2, 0) is 0 Å². The summed E-state index contributed by atoms with van der Waals surface area (Å²) in [5, 5.41) is 5.18.